The molecule has 1 saturated heterocycles. The lowest BCUT2D eigenvalue weighted by Gasteiger charge is -2.22. The monoisotopic (exact) mass is 371 g/mol. The third-order valence-electron chi connectivity index (χ3n) is 4.23. The smallest absolute Gasteiger partial charge is 0.333 e. The molecule has 1 aliphatic rings. The van der Waals surface area contributed by atoms with Crippen LogP contribution in [0.4, 0.5) is 14.6 Å². The summed E-state index contributed by atoms with van der Waals surface area (Å²) < 4.78 is 53.1. The summed E-state index contributed by atoms with van der Waals surface area (Å²) in [5.41, 5.74) is -0.0548. The number of halogens is 2. The number of alkyl halides is 2. The normalized spacial score (nSPS) is 17.0. The summed E-state index contributed by atoms with van der Waals surface area (Å²) >= 11 is 0. The number of sulfonamides is 1. The van der Waals surface area contributed by atoms with Crippen LogP contribution in [0.3, 0.4) is 0 Å². The summed E-state index contributed by atoms with van der Waals surface area (Å²) in [5, 5.41) is 3.50. The molecule has 0 atom stereocenters. The molecule has 3 heterocycles. The van der Waals surface area contributed by atoms with Crippen LogP contribution in [0, 0.1) is 6.92 Å². The maximum atomic E-state index is 12.9. The van der Waals surface area contributed by atoms with Gasteiger partial charge in [-0.3, -0.25) is 0 Å². The van der Waals surface area contributed by atoms with Gasteiger partial charge in [0, 0.05) is 32.4 Å². The molecule has 0 unspecified atom stereocenters. The third-order valence-corrected chi connectivity index (χ3v) is 6.23. The standard InChI is InChI=1S/C15H19F2N5O2S/c1-12-13(11-19-22(12)15(16)17)25(23,24)21-8-4-7-20(9-10-21)14-5-2-3-6-18-14/h2-3,5-6,11,15H,4,7-10H2,1H3. The molecule has 3 rings (SSSR count). The molecule has 2 aromatic rings. The van der Waals surface area contributed by atoms with Crippen LogP contribution in [0.5, 0.6) is 0 Å². The average molecular weight is 371 g/mol. The Morgan fingerprint density at radius 2 is 1.96 bits per heavy atom. The van der Waals surface area contributed by atoms with E-state index in [1.54, 1.807) is 6.20 Å². The van der Waals surface area contributed by atoms with Gasteiger partial charge in [0.25, 0.3) is 0 Å². The highest BCUT2D eigenvalue weighted by molar-refractivity contribution is 7.89. The second kappa shape index (κ2) is 7.04. The van der Waals surface area contributed by atoms with Gasteiger partial charge in [0.1, 0.15) is 10.7 Å². The zero-order valence-electron chi connectivity index (χ0n) is 13.7. The molecule has 10 heteroatoms. The summed E-state index contributed by atoms with van der Waals surface area (Å²) in [4.78, 5) is 6.14. The molecule has 0 bridgehead atoms. The number of pyridine rings is 1. The van der Waals surface area contributed by atoms with Crippen molar-refractivity contribution in [2.45, 2.75) is 24.8 Å². The molecule has 7 nitrogen and oxygen atoms in total. The molecule has 0 aromatic carbocycles. The summed E-state index contributed by atoms with van der Waals surface area (Å²) in [7, 11) is -3.86. The highest BCUT2D eigenvalue weighted by Crippen LogP contribution is 2.24. The number of hydrogen-bond donors (Lipinski definition) is 0. The predicted molar refractivity (Wildman–Crippen MR) is 88.0 cm³/mol. The first-order chi connectivity index (χ1) is 11.9. The van der Waals surface area contributed by atoms with Gasteiger partial charge < -0.3 is 4.90 Å². The van der Waals surface area contributed by atoms with Crippen molar-refractivity contribution in [1.82, 2.24) is 19.1 Å². The number of hydrogen-bond acceptors (Lipinski definition) is 5. The van der Waals surface area contributed by atoms with Crippen LogP contribution in [0.1, 0.15) is 18.7 Å². The van der Waals surface area contributed by atoms with Crippen molar-refractivity contribution < 1.29 is 17.2 Å². The summed E-state index contributed by atoms with van der Waals surface area (Å²) in [6, 6.07) is 5.58. The van der Waals surface area contributed by atoms with Gasteiger partial charge >= 0.3 is 6.55 Å². The Hall–Kier alpha value is -2.07. The van der Waals surface area contributed by atoms with E-state index >= 15 is 0 Å². The minimum atomic E-state index is -3.86. The van der Waals surface area contributed by atoms with Crippen LogP contribution in [0.2, 0.25) is 0 Å². The SMILES string of the molecule is Cc1c(S(=O)(=O)N2CCCN(c3ccccn3)CC2)cnn1C(F)F. The van der Waals surface area contributed by atoms with E-state index in [4.69, 9.17) is 0 Å². The fourth-order valence-electron chi connectivity index (χ4n) is 2.90. The van der Waals surface area contributed by atoms with E-state index in [1.807, 2.05) is 23.1 Å². The summed E-state index contributed by atoms with van der Waals surface area (Å²) in [6.45, 7) is 0.219. The van der Waals surface area contributed by atoms with E-state index < -0.39 is 16.6 Å². The van der Waals surface area contributed by atoms with Gasteiger partial charge in [-0.15, -0.1) is 0 Å². The second-order valence-electron chi connectivity index (χ2n) is 5.75. The van der Waals surface area contributed by atoms with Crippen LogP contribution in [-0.4, -0.2) is 53.7 Å². The first-order valence-electron chi connectivity index (χ1n) is 7.89. The van der Waals surface area contributed by atoms with Gasteiger partial charge in [-0.05, 0) is 25.5 Å². The largest absolute Gasteiger partial charge is 0.355 e. The molecular formula is C15H19F2N5O2S. The van der Waals surface area contributed by atoms with Gasteiger partial charge in [-0.2, -0.15) is 18.2 Å². The van der Waals surface area contributed by atoms with Crippen molar-refractivity contribution in [3.05, 3.63) is 36.3 Å². The predicted octanol–water partition coefficient (Wildman–Crippen LogP) is 1.88. The lowest BCUT2D eigenvalue weighted by Crippen LogP contribution is -2.35. The number of aromatic nitrogens is 3. The molecule has 0 amide bonds. The van der Waals surface area contributed by atoms with Crippen molar-refractivity contribution in [3.8, 4) is 0 Å². The van der Waals surface area contributed by atoms with E-state index in [9.17, 15) is 17.2 Å². The van der Waals surface area contributed by atoms with Crippen LogP contribution in [-0.2, 0) is 10.0 Å². The molecule has 25 heavy (non-hydrogen) atoms. The van der Waals surface area contributed by atoms with Gasteiger partial charge in [-0.1, -0.05) is 6.07 Å². The van der Waals surface area contributed by atoms with Crippen LogP contribution >= 0.6 is 0 Å². The number of anilines is 1. The number of rotatable bonds is 4. The minimum absolute atomic E-state index is 0.0548. The average Bonchev–Trinajstić information content (AvgIpc) is 2.82. The highest BCUT2D eigenvalue weighted by atomic mass is 32.2. The maximum Gasteiger partial charge on any atom is 0.333 e. The van der Waals surface area contributed by atoms with E-state index in [0.717, 1.165) is 12.0 Å². The van der Waals surface area contributed by atoms with Crippen molar-refractivity contribution in [1.29, 1.82) is 0 Å². The van der Waals surface area contributed by atoms with Crippen LogP contribution in [0.25, 0.3) is 0 Å². The Balaban J connectivity index is 1.80. The first kappa shape index (κ1) is 17.7. The molecular weight excluding hydrogens is 352 g/mol. The third kappa shape index (κ3) is 3.49. The Morgan fingerprint density at radius 3 is 2.60 bits per heavy atom. The second-order valence-corrected chi connectivity index (χ2v) is 7.66. The van der Waals surface area contributed by atoms with E-state index in [1.165, 1.54) is 11.2 Å². The van der Waals surface area contributed by atoms with Gasteiger partial charge in [0.05, 0.1) is 11.9 Å². The quantitative estimate of drug-likeness (QED) is 0.821. The Morgan fingerprint density at radius 1 is 1.16 bits per heavy atom. The Labute approximate surface area is 144 Å². The van der Waals surface area contributed by atoms with E-state index in [0.29, 0.717) is 30.7 Å². The van der Waals surface area contributed by atoms with Crippen molar-refractivity contribution >= 4 is 15.8 Å². The Bertz CT molecular complexity index is 826. The lowest BCUT2D eigenvalue weighted by molar-refractivity contribution is 0.0541. The minimum Gasteiger partial charge on any atom is -0.355 e. The van der Waals surface area contributed by atoms with Gasteiger partial charge in [0.2, 0.25) is 10.0 Å². The van der Waals surface area contributed by atoms with Crippen molar-refractivity contribution in [3.63, 3.8) is 0 Å². The molecule has 0 radical (unpaired) electrons. The molecule has 0 spiro atoms. The van der Waals surface area contributed by atoms with Crippen molar-refractivity contribution in [2.75, 3.05) is 31.1 Å². The van der Waals surface area contributed by atoms with E-state index in [-0.39, 0.29) is 17.1 Å². The van der Waals surface area contributed by atoms with Crippen molar-refractivity contribution in [2.24, 2.45) is 0 Å². The fraction of sp³-hybridized carbons (Fsp3) is 0.467. The molecule has 1 fully saturated rings. The maximum absolute atomic E-state index is 12.9. The van der Waals surface area contributed by atoms with Crippen LogP contribution < -0.4 is 4.90 Å². The molecule has 1 aliphatic heterocycles. The summed E-state index contributed by atoms with van der Waals surface area (Å²) in [5.74, 6) is 0.795. The molecule has 0 N–H and O–H groups in total. The molecule has 0 saturated carbocycles. The van der Waals surface area contributed by atoms with Crippen LogP contribution in [0.15, 0.2) is 35.5 Å². The summed E-state index contributed by atoms with van der Waals surface area (Å²) in [6.07, 6.45) is 3.31. The highest BCUT2D eigenvalue weighted by Gasteiger charge is 2.31. The molecule has 2 aromatic heterocycles. The van der Waals surface area contributed by atoms with E-state index in [2.05, 4.69) is 10.1 Å². The fourth-order valence-corrected chi connectivity index (χ4v) is 4.52. The number of nitrogens with zero attached hydrogens (tertiary/aromatic N) is 5. The lowest BCUT2D eigenvalue weighted by atomic mass is 10.3. The zero-order valence-corrected chi connectivity index (χ0v) is 14.5. The molecule has 136 valence electrons. The first-order valence-corrected chi connectivity index (χ1v) is 9.33. The van der Waals surface area contributed by atoms with Gasteiger partial charge in [-0.25, -0.2) is 18.1 Å². The zero-order chi connectivity index (χ0) is 18.0. The van der Waals surface area contributed by atoms with Gasteiger partial charge in [0.15, 0.2) is 0 Å². The Kier molecular flexibility index (Phi) is 5.00. The molecule has 0 aliphatic carbocycles. The topological polar surface area (TPSA) is 71.3 Å².